The first kappa shape index (κ1) is 46.4. The van der Waals surface area contributed by atoms with E-state index in [-0.39, 0.29) is 0 Å². The molecule has 0 bridgehead atoms. The Hall–Kier alpha value is -10.7. The largest absolute Gasteiger partial charge is 0.309 e. The lowest BCUT2D eigenvalue weighted by Crippen LogP contribution is -2.03. The van der Waals surface area contributed by atoms with E-state index in [9.17, 15) is 0 Å². The molecular formula is C75H50N6. The molecule has 1 aliphatic carbocycles. The summed E-state index contributed by atoms with van der Waals surface area (Å²) in [5.74, 6) is 1.98. The lowest BCUT2D eigenvalue weighted by atomic mass is 9.95. The quantitative estimate of drug-likeness (QED) is 0.145. The van der Waals surface area contributed by atoms with Crippen LogP contribution >= 0.6 is 0 Å². The number of benzene rings is 11. The minimum absolute atomic E-state index is 0.641. The van der Waals surface area contributed by atoms with Gasteiger partial charge in [0, 0.05) is 66.0 Å². The SMILES string of the molecule is C1=CC(c2nc(-c3ccccc3)nc(-c3cccc(-c4ccc(-n5c6ccccc6c6ccccc65)c(-c5cccc(-n6c7ccccc7c7cc(-c8ccc9c(c8)c8ccccc8n9-c8ccccc8)ccc76)c5)c4)c3)n2)=CCC1. The van der Waals surface area contributed by atoms with Crippen molar-refractivity contribution in [2.24, 2.45) is 0 Å². The highest BCUT2D eigenvalue weighted by Gasteiger charge is 2.21. The molecule has 0 unspecified atom stereocenters. The first-order valence-electron chi connectivity index (χ1n) is 27.8. The summed E-state index contributed by atoms with van der Waals surface area (Å²) in [6.45, 7) is 0. The molecule has 0 N–H and O–H groups in total. The Balaban J connectivity index is 0.845. The van der Waals surface area contributed by atoms with Gasteiger partial charge in [-0.25, -0.2) is 15.0 Å². The van der Waals surface area contributed by atoms with Gasteiger partial charge in [0.1, 0.15) is 0 Å². The molecule has 0 atom stereocenters. The van der Waals surface area contributed by atoms with Crippen molar-refractivity contribution in [1.82, 2.24) is 28.7 Å². The standard InChI is InChI=1S/C75H50N6/c1-4-20-49(21-5-1)73-76-74(50-22-6-2-7-23-50)78-75(77-73)56-26-18-24-51(44-56)52-38-41-70(81-68-36-16-10-30-59(68)60-31-11-17-37-69(60)81)63(46-52)55-25-19-29-58(45-55)80-67-35-15-13-33-62(67)65-48-54(40-43-72(65)80)53-39-42-71-64(47-53)61-32-12-14-34-66(61)79(71)57-27-8-3-9-28-57/h1,3-6,8-48H,2,7H2. The smallest absolute Gasteiger partial charge is 0.164 e. The van der Waals surface area contributed by atoms with Gasteiger partial charge in [-0.15, -0.1) is 0 Å². The Bertz CT molecular complexity index is 5000. The second-order valence-corrected chi connectivity index (χ2v) is 21.0. The van der Waals surface area contributed by atoms with Crippen LogP contribution in [-0.4, -0.2) is 28.7 Å². The summed E-state index contributed by atoms with van der Waals surface area (Å²) in [5, 5.41) is 7.35. The molecule has 0 spiro atoms. The van der Waals surface area contributed by atoms with Gasteiger partial charge in [-0.3, -0.25) is 0 Å². The number of hydrogen-bond donors (Lipinski definition) is 0. The van der Waals surface area contributed by atoms with Crippen molar-refractivity contribution >= 4 is 71.0 Å². The summed E-state index contributed by atoms with van der Waals surface area (Å²) < 4.78 is 7.26. The molecule has 81 heavy (non-hydrogen) atoms. The molecule has 6 heteroatoms. The van der Waals surface area contributed by atoms with Crippen molar-refractivity contribution in [3.05, 3.63) is 285 Å². The molecule has 0 saturated carbocycles. The van der Waals surface area contributed by atoms with Gasteiger partial charge in [-0.05, 0) is 132 Å². The van der Waals surface area contributed by atoms with Gasteiger partial charge in [-0.2, -0.15) is 0 Å². The van der Waals surface area contributed by atoms with E-state index >= 15 is 0 Å². The molecule has 4 heterocycles. The third kappa shape index (κ3) is 7.83. The van der Waals surface area contributed by atoms with Crippen LogP contribution < -0.4 is 0 Å². The lowest BCUT2D eigenvalue weighted by Gasteiger charge is -2.18. The van der Waals surface area contributed by atoms with Crippen LogP contribution in [-0.2, 0) is 0 Å². The molecule has 15 aromatic rings. The first-order valence-corrected chi connectivity index (χ1v) is 27.8. The highest BCUT2D eigenvalue weighted by Crippen LogP contribution is 2.42. The number of allylic oxidation sites excluding steroid dienone is 4. The van der Waals surface area contributed by atoms with Crippen molar-refractivity contribution in [3.8, 4) is 73.2 Å². The molecule has 11 aromatic carbocycles. The zero-order chi connectivity index (χ0) is 53.4. The van der Waals surface area contributed by atoms with Crippen LogP contribution in [0, 0.1) is 0 Å². The average molecular weight is 1040 g/mol. The van der Waals surface area contributed by atoms with Crippen molar-refractivity contribution in [2.45, 2.75) is 12.8 Å². The normalized spacial score (nSPS) is 12.6. The molecule has 1 aliphatic rings. The molecule has 0 radical (unpaired) electrons. The Morgan fingerprint density at radius 2 is 0.716 bits per heavy atom. The highest BCUT2D eigenvalue weighted by molar-refractivity contribution is 6.13. The van der Waals surface area contributed by atoms with Crippen molar-refractivity contribution in [3.63, 3.8) is 0 Å². The molecule has 0 fully saturated rings. The van der Waals surface area contributed by atoms with Crippen molar-refractivity contribution in [1.29, 1.82) is 0 Å². The van der Waals surface area contributed by atoms with Crippen LogP contribution in [0.1, 0.15) is 18.7 Å². The van der Waals surface area contributed by atoms with E-state index in [0.717, 1.165) is 90.9 Å². The number of nitrogens with zero attached hydrogens (tertiary/aromatic N) is 6. The van der Waals surface area contributed by atoms with Crippen LogP contribution in [0.2, 0.25) is 0 Å². The van der Waals surface area contributed by atoms with Gasteiger partial charge in [0.2, 0.25) is 0 Å². The van der Waals surface area contributed by atoms with Crippen LogP contribution in [0.25, 0.3) is 144 Å². The molecule has 16 rings (SSSR count). The van der Waals surface area contributed by atoms with E-state index in [1.54, 1.807) is 0 Å². The van der Waals surface area contributed by atoms with Gasteiger partial charge in [-0.1, -0.05) is 188 Å². The van der Waals surface area contributed by atoms with E-state index < -0.39 is 0 Å². The Morgan fingerprint density at radius 3 is 1.35 bits per heavy atom. The van der Waals surface area contributed by atoms with Crippen LogP contribution in [0.3, 0.4) is 0 Å². The second kappa shape index (κ2) is 19.0. The zero-order valence-corrected chi connectivity index (χ0v) is 44.2. The Morgan fingerprint density at radius 1 is 0.272 bits per heavy atom. The fraction of sp³-hybridized carbons (Fsp3) is 0.0267. The van der Waals surface area contributed by atoms with Crippen molar-refractivity contribution in [2.75, 3.05) is 0 Å². The Kier molecular flexibility index (Phi) is 10.9. The minimum atomic E-state index is 0.641. The minimum Gasteiger partial charge on any atom is -0.309 e. The summed E-state index contributed by atoms with van der Waals surface area (Å²) >= 11 is 0. The maximum absolute atomic E-state index is 5.14. The molecule has 0 aliphatic heterocycles. The summed E-state index contributed by atoms with van der Waals surface area (Å²) in [7, 11) is 0. The molecular weight excluding hydrogens is 985 g/mol. The van der Waals surface area contributed by atoms with Gasteiger partial charge in [0.25, 0.3) is 0 Å². The third-order valence-electron chi connectivity index (χ3n) is 16.3. The van der Waals surface area contributed by atoms with Gasteiger partial charge < -0.3 is 13.7 Å². The lowest BCUT2D eigenvalue weighted by molar-refractivity contribution is 1.01. The molecule has 6 nitrogen and oxygen atoms in total. The highest BCUT2D eigenvalue weighted by atomic mass is 15.0. The maximum Gasteiger partial charge on any atom is 0.164 e. The Labute approximate surface area is 468 Å². The summed E-state index contributed by atoms with van der Waals surface area (Å²) in [5.41, 5.74) is 20.0. The number of aromatic nitrogens is 6. The second-order valence-electron chi connectivity index (χ2n) is 21.0. The predicted molar refractivity (Wildman–Crippen MR) is 336 cm³/mol. The monoisotopic (exact) mass is 1030 g/mol. The molecule has 4 aromatic heterocycles. The summed E-state index contributed by atoms with van der Waals surface area (Å²) in [4.78, 5) is 15.3. The zero-order valence-electron chi connectivity index (χ0n) is 44.2. The van der Waals surface area contributed by atoms with Crippen LogP contribution in [0.5, 0.6) is 0 Å². The van der Waals surface area contributed by atoms with E-state index in [1.807, 2.05) is 18.2 Å². The number of fused-ring (bicyclic) bond motifs is 9. The van der Waals surface area contributed by atoms with E-state index in [4.69, 9.17) is 15.0 Å². The molecule has 0 amide bonds. The average Bonchev–Trinajstić information content (AvgIpc) is 4.29. The van der Waals surface area contributed by atoms with E-state index in [2.05, 4.69) is 275 Å². The van der Waals surface area contributed by atoms with E-state index in [0.29, 0.717) is 17.5 Å². The van der Waals surface area contributed by atoms with Gasteiger partial charge >= 0.3 is 0 Å². The first-order chi connectivity index (χ1) is 40.2. The fourth-order valence-corrected chi connectivity index (χ4v) is 12.5. The third-order valence-corrected chi connectivity index (χ3v) is 16.3. The number of rotatable bonds is 9. The van der Waals surface area contributed by atoms with E-state index in [1.165, 1.54) is 54.5 Å². The van der Waals surface area contributed by atoms with Crippen molar-refractivity contribution < 1.29 is 0 Å². The fourth-order valence-electron chi connectivity index (χ4n) is 12.5. The number of hydrogen-bond acceptors (Lipinski definition) is 3. The summed E-state index contributed by atoms with van der Waals surface area (Å²) in [6, 6.07) is 94.6. The van der Waals surface area contributed by atoms with Crippen LogP contribution in [0.15, 0.2) is 279 Å². The summed E-state index contributed by atoms with van der Waals surface area (Å²) in [6.07, 6.45) is 8.54. The maximum atomic E-state index is 5.14. The van der Waals surface area contributed by atoms with Gasteiger partial charge in [0.15, 0.2) is 17.5 Å². The molecule has 0 saturated heterocycles. The topological polar surface area (TPSA) is 53.5 Å². The predicted octanol–water partition coefficient (Wildman–Crippen LogP) is 19.2. The van der Waals surface area contributed by atoms with Gasteiger partial charge in [0.05, 0.1) is 38.8 Å². The van der Waals surface area contributed by atoms with Crippen LogP contribution in [0.4, 0.5) is 0 Å². The molecule has 380 valence electrons. The number of para-hydroxylation sites is 5.